The Bertz CT molecular complexity index is 3540. The monoisotopic (exact) mass is 1160 g/mol. The number of aromatic nitrogens is 2. The zero-order valence-corrected chi connectivity index (χ0v) is 47.6. The molecule has 10 rings (SSSR count). The Morgan fingerprint density at radius 3 is 1.28 bits per heavy atom. The van der Waals surface area contributed by atoms with E-state index in [2.05, 4.69) is 116 Å². The maximum atomic E-state index is 11.6. The van der Waals surface area contributed by atoms with Gasteiger partial charge in [0.05, 0.1) is 96.6 Å². The van der Waals surface area contributed by atoms with Crippen LogP contribution in [0.4, 0.5) is 11.4 Å². The van der Waals surface area contributed by atoms with Crippen LogP contribution in [-0.2, 0) is 52.3 Å². The maximum absolute atomic E-state index is 11.6. The highest BCUT2D eigenvalue weighted by atomic mass is 32.2. The van der Waals surface area contributed by atoms with Gasteiger partial charge >= 0.3 is 0 Å². The minimum atomic E-state index is -4.08. The van der Waals surface area contributed by atoms with Crippen molar-refractivity contribution in [1.82, 2.24) is 0 Å². The van der Waals surface area contributed by atoms with Gasteiger partial charge in [0.1, 0.15) is 9.40 Å². The average molecular weight is 1170 g/mol. The SMILES string of the molecule is O=S(=O)(O)CCC[n+]1c(/C=C/C=C2/Sc3ccccc3N2CCOCCOCCOCCOCCN2/C(=C\C=C\c3sc4ccc5ccccc5c4[n+]3CCCS(=O)(=O)O)Sc3ccccc32)sc2ccc3ccccc3c21. The van der Waals surface area contributed by atoms with Gasteiger partial charge in [-0.1, -0.05) is 131 Å². The van der Waals surface area contributed by atoms with Crippen LogP contribution in [0.3, 0.4) is 0 Å². The van der Waals surface area contributed by atoms with Crippen molar-refractivity contribution in [3.63, 3.8) is 0 Å². The number of rotatable bonds is 27. The third-order valence-corrected chi connectivity index (χ3v) is 19.2. The molecule has 2 aliphatic rings. The van der Waals surface area contributed by atoms with E-state index in [9.17, 15) is 25.9 Å². The molecule has 0 radical (unpaired) electrons. The smallest absolute Gasteiger partial charge is 0.265 e. The van der Waals surface area contributed by atoms with Crippen LogP contribution in [0.5, 0.6) is 0 Å². The summed E-state index contributed by atoms with van der Waals surface area (Å²) in [5.41, 5.74) is 4.37. The standard InChI is InChI=1S/C58H58N4O10S6/c63-77(64,65)41-11-29-61-55(75-51-27-25-43-13-1-3-15-45(43)57(51)61)23-9-21-53-59(47-17-5-7-19-49(47)73-53)31-33-69-35-37-71-39-40-72-38-36-70-34-32-60-48-18-6-8-20-50(48)74-54(60)22-10-24-56-62(30-12-42-78(66,67)68)58-46-16-4-2-14-44(46)26-28-52(58)76-56/h1-10,13-28H,11-12,29-42H2/p+2. The summed E-state index contributed by atoms with van der Waals surface area (Å²) in [6, 6.07) is 41.5. The fourth-order valence-corrected chi connectivity index (χ4v) is 15.0. The van der Waals surface area contributed by atoms with Gasteiger partial charge in [0.25, 0.3) is 30.3 Å². The van der Waals surface area contributed by atoms with E-state index in [0.29, 0.717) is 79.0 Å². The lowest BCUT2D eigenvalue weighted by Gasteiger charge is -2.20. The molecular formula is C58H60N4O10S6+2. The van der Waals surface area contributed by atoms with Crippen molar-refractivity contribution in [2.24, 2.45) is 0 Å². The van der Waals surface area contributed by atoms with E-state index in [4.69, 9.17) is 18.9 Å². The Balaban J connectivity index is 0.657. The average Bonchev–Trinajstić information content (AvgIpc) is 4.36. The molecule has 0 atom stereocenters. The van der Waals surface area contributed by atoms with Gasteiger partial charge in [-0.15, -0.1) is 0 Å². The second-order valence-corrected chi connectivity index (χ2v) is 25.7. The number of hydrogen-bond donors (Lipinski definition) is 2. The number of fused-ring (bicyclic) bond motifs is 8. The molecule has 78 heavy (non-hydrogen) atoms. The van der Waals surface area contributed by atoms with Crippen molar-refractivity contribution in [2.75, 3.05) is 87.3 Å². The Kier molecular flexibility index (Phi) is 18.8. The van der Waals surface area contributed by atoms with E-state index < -0.39 is 20.2 Å². The minimum Gasteiger partial charge on any atom is -0.377 e. The molecule has 6 aromatic carbocycles. The molecule has 406 valence electrons. The summed E-state index contributed by atoms with van der Waals surface area (Å²) in [7, 11) is -8.16. The van der Waals surface area contributed by atoms with Crippen LogP contribution in [0.25, 0.3) is 54.1 Å². The number of thiazole rings is 2. The molecule has 2 aliphatic heterocycles. The van der Waals surface area contributed by atoms with Crippen molar-refractivity contribution < 1.29 is 54.0 Å². The van der Waals surface area contributed by atoms with Crippen LogP contribution in [0.15, 0.2) is 165 Å². The number of aryl methyl sites for hydroxylation is 2. The van der Waals surface area contributed by atoms with E-state index in [0.717, 1.165) is 73.4 Å². The number of para-hydroxylation sites is 2. The van der Waals surface area contributed by atoms with Gasteiger partial charge in [-0.3, -0.25) is 9.11 Å². The molecule has 8 aromatic rings. The summed E-state index contributed by atoms with van der Waals surface area (Å²) in [5.74, 6) is -0.605. The van der Waals surface area contributed by atoms with Crippen molar-refractivity contribution >= 4 is 132 Å². The lowest BCUT2D eigenvalue weighted by molar-refractivity contribution is -0.668. The summed E-state index contributed by atoms with van der Waals surface area (Å²) in [6.45, 7) is 5.92. The molecule has 0 saturated carbocycles. The molecule has 14 nitrogen and oxygen atoms in total. The molecule has 2 aromatic heterocycles. The van der Waals surface area contributed by atoms with E-state index >= 15 is 0 Å². The molecule has 0 bridgehead atoms. The van der Waals surface area contributed by atoms with Crippen molar-refractivity contribution in [1.29, 1.82) is 0 Å². The van der Waals surface area contributed by atoms with Crippen molar-refractivity contribution in [3.05, 3.63) is 166 Å². The number of thioether (sulfide) groups is 2. The van der Waals surface area contributed by atoms with Gasteiger partial charge < -0.3 is 28.7 Å². The third-order valence-electron chi connectivity index (χ3n) is 13.1. The molecular weight excluding hydrogens is 1110 g/mol. The highest BCUT2D eigenvalue weighted by molar-refractivity contribution is 8.04. The molecule has 2 N–H and O–H groups in total. The molecule has 0 amide bonds. The number of nitrogens with zero attached hydrogens (tertiary/aromatic N) is 4. The van der Waals surface area contributed by atoms with E-state index in [1.165, 1.54) is 9.79 Å². The fraction of sp³-hybridized carbons (Fsp3) is 0.276. The topological polar surface area (TPSA) is 160 Å². The van der Waals surface area contributed by atoms with E-state index in [1.54, 1.807) is 46.2 Å². The number of ether oxygens (including phenoxy) is 4. The Labute approximate surface area is 471 Å². The quantitative estimate of drug-likeness (QED) is 0.0284. The maximum Gasteiger partial charge on any atom is 0.265 e. The van der Waals surface area contributed by atoms with Crippen LogP contribution >= 0.6 is 46.2 Å². The Morgan fingerprint density at radius 1 is 0.474 bits per heavy atom. The summed E-state index contributed by atoms with van der Waals surface area (Å²) < 4.78 is 95.6. The minimum absolute atomic E-state index is 0.290. The van der Waals surface area contributed by atoms with Gasteiger partial charge in [-0.05, 0) is 71.5 Å². The fourth-order valence-electron chi connectivity index (χ4n) is 9.56. The summed E-state index contributed by atoms with van der Waals surface area (Å²) >= 11 is 6.73. The largest absolute Gasteiger partial charge is 0.377 e. The van der Waals surface area contributed by atoms with Crippen LogP contribution in [0, 0.1) is 0 Å². The number of hydrogen-bond acceptors (Lipinski definition) is 14. The lowest BCUT2D eigenvalue weighted by Crippen LogP contribution is -2.36. The van der Waals surface area contributed by atoms with E-state index in [1.807, 2.05) is 60.7 Å². The van der Waals surface area contributed by atoms with Crippen LogP contribution in [0.1, 0.15) is 22.9 Å². The van der Waals surface area contributed by atoms with Crippen LogP contribution < -0.4 is 18.9 Å². The Hall–Kier alpha value is -5.46. The first kappa shape index (κ1) is 55.8. The number of anilines is 2. The highest BCUT2D eigenvalue weighted by Crippen LogP contribution is 2.47. The second-order valence-electron chi connectivity index (χ2n) is 18.4. The molecule has 4 heterocycles. The van der Waals surface area contributed by atoms with Crippen LogP contribution in [0.2, 0.25) is 0 Å². The summed E-state index contributed by atoms with van der Waals surface area (Å²) in [5, 5.41) is 8.55. The first-order valence-corrected chi connectivity index (χ1v) is 32.2. The zero-order chi connectivity index (χ0) is 53.9. The van der Waals surface area contributed by atoms with Gasteiger partial charge in [0.15, 0.2) is 13.1 Å². The van der Waals surface area contributed by atoms with Gasteiger partial charge in [0, 0.05) is 47.9 Å². The predicted octanol–water partition coefficient (Wildman–Crippen LogP) is 11.3. The van der Waals surface area contributed by atoms with Crippen molar-refractivity contribution in [3.8, 4) is 0 Å². The van der Waals surface area contributed by atoms with Gasteiger partial charge in [-0.25, -0.2) is 0 Å². The molecule has 20 heteroatoms. The van der Waals surface area contributed by atoms with Crippen LogP contribution in [-0.4, -0.2) is 103 Å². The molecule has 0 fully saturated rings. The first-order valence-electron chi connectivity index (χ1n) is 25.7. The summed E-state index contributed by atoms with van der Waals surface area (Å²) in [6.07, 6.45) is 13.0. The summed E-state index contributed by atoms with van der Waals surface area (Å²) in [4.78, 5) is 6.88. The normalized spacial score (nSPS) is 15.1. The van der Waals surface area contributed by atoms with Gasteiger partial charge in [0.2, 0.25) is 11.0 Å². The lowest BCUT2D eigenvalue weighted by atomic mass is 10.1. The highest BCUT2D eigenvalue weighted by Gasteiger charge is 2.27. The first-order chi connectivity index (χ1) is 38.0. The second kappa shape index (κ2) is 26.2. The molecule has 0 saturated heterocycles. The Morgan fingerprint density at radius 2 is 0.859 bits per heavy atom. The van der Waals surface area contributed by atoms with Crippen molar-refractivity contribution in [2.45, 2.75) is 35.7 Å². The molecule has 0 unspecified atom stereocenters. The molecule has 0 spiro atoms. The molecule has 0 aliphatic carbocycles. The predicted molar refractivity (Wildman–Crippen MR) is 318 cm³/mol. The number of benzene rings is 6. The number of allylic oxidation sites excluding steroid dienone is 4. The third kappa shape index (κ3) is 14.1. The zero-order valence-electron chi connectivity index (χ0n) is 42.7. The van der Waals surface area contributed by atoms with E-state index in [-0.39, 0.29) is 24.3 Å². The van der Waals surface area contributed by atoms with Gasteiger partial charge in [-0.2, -0.15) is 26.0 Å².